The van der Waals surface area contributed by atoms with E-state index in [9.17, 15) is 4.57 Å². The highest BCUT2D eigenvalue weighted by Crippen LogP contribution is 2.36. The first kappa shape index (κ1) is 35.4. The van der Waals surface area contributed by atoms with Crippen LogP contribution in [0.1, 0.15) is 18.7 Å². The maximum Gasteiger partial charge on any atom is 0.469 e. The molecule has 47 heavy (non-hydrogen) atoms. The number of pyridine rings is 1. The number of benzene rings is 3. The van der Waals surface area contributed by atoms with E-state index >= 15 is 0 Å². The standard InChI is InChI=1S/C33H29N6O5P.2ClH/c40-45(41,42)43-22-7-6-14-30-34-21-19-29(37-30)28-13-8-20-35-33(28)44-25-17-15-24(16-18-25)36-32-27-12-5-4-11-26(27)31(38-39-32)23-9-2-1-3-10-23;;/h1-5,8-13,15-21H,6-7,14,22H2,(H,36,39)(H2,40,41,42);2*1H. The van der Waals surface area contributed by atoms with Crippen LogP contribution in [0.2, 0.25) is 0 Å². The molecule has 0 aliphatic carbocycles. The number of phosphoric ester groups is 1. The van der Waals surface area contributed by atoms with Crippen LogP contribution in [-0.2, 0) is 15.5 Å². The van der Waals surface area contributed by atoms with E-state index in [0.717, 1.165) is 27.7 Å². The smallest absolute Gasteiger partial charge is 0.438 e. The highest BCUT2D eigenvalue weighted by Gasteiger charge is 2.15. The van der Waals surface area contributed by atoms with Crippen molar-refractivity contribution in [2.45, 2.75) is 19.3 Å². The molecule has 0 spiro atoms. The Balaban J connectivity index is 0.00000250. The van der Waals surface area contributed by atoms with E-state index in [1.54, 1.807) is 18.5 Å². The van der Waals surface area contributed by atoms with Gasteiger partial charge in [0.2, 0.25) is 5.88 Å². The number of hydrogen-bond acceptors (Lipinski definition) is 9. The Hall–Kier alpha value is -4.48. The van der Waals surface area contributed by atoms with Crippen LogP contribution in [-0.4, -0.2) is 41.5 Å². The molecule has 3 aromatic carbocycles. The molecule has 242 valence electrons. The average Bonchev–Trinajstić information content (AvgIpc) is 3.06. The number of fused-ring (bicyclic) bond motifs is 1. The van der Waals surface area contributed by atoms with Gasteiger partial charge in [0.15, 0.2) is 5.82 Å². The van der Waals surface area contributed by atoms with E-state index in [1.807, 2.05) is 91.0 Å². The second kappa shape index (κ2) is 16.4. The number of unbranched alkanes of at least 4 members (excludes halogenated alkanes) is 1. The lowest BCUT2D eigenvalue weighted by molar-refractivity contribution is 0.194. The van der Waals surface area contributed by atoms with E-state index in [-0.39, 0.29) is 31.4 Å². The molecule has 0 amide bonds. The topological polar surface area (TPSA) is 152 Å². The highest BCUT2D eigenvalue weighted by molar-refractivity contribution is 7.46. The van der Waals surface area contributed by atoms with Crippen LogP contribution in [0.3, 0.4) is 0 Å². The molecule has 3 aromatic heterocycles. The number of halogens is 2. The minimum atomic E-state index is -4.46. The Kier molecular flexibility index (Phi) is 12.3. The first-order valence-electron chi connectivity index (χ1n) is 14.3. The van der Waals surface area contributed by atoms with Gasteiger partial charge in [0.1, 0.15) is 17.3 Å². The minimum absolute atomic E-state index is 0. The lowest BCUT2D eigenvalue weighted by Crippen LogP contribution is -2.00. The molecule has 0 saturated heterocycles. The number of aryl methyl sites for hydroxylation is 1. The van der Waals surface area contributed by atoms with Crippen molar-refractivity contribution in [1.82, 2.24) is 25.1 Å². The van der Waals surface area contributed by atoms with Gasteiger partial charge in [0, 0.05) is 40.8 Å². The predicted octanol–water partition coefficient (Wildman–Crippen LogP) is 7.96. The molecule has 0 bridgehead atoms. The van der Waals surface area contributed by atoms with Gasteiger partial charge in [-0.15, -0.1) is 35.0 Å². The Bertz CT molecular complexity index is 1970. The number of nitrogens with one attached hydrogen (secondary N) is 1. The number of phosphoric acid groups is 1. The Morgan fingerprint density at radius 2 is 1.49 bits per heavy atom. The van der Waals surface area contributed by atoms with Gasteiger partial charge in [-0.05, 0) is 55.3 Å². The summed E-state index contributed by atoms with van der Waals surface area (Å²) in [5, 5.41) is 14.4. The summed E-state index contributed by atoms with van der Waals surface area (Å²) < 4.78 is 21.5. The van der Waals surface area contributed by atoms with Gasteiger partial charge < -0.3 is 19.8 Å². The third-order valence-corrected chi connectivity index (χ3v) is 7.39. The fourth-order valence-electron chi connectivity index (χ4n) is 4.77. The van der Waals surface area contributed by atoms with Crippen molar-refractivity contribution >= 4 is 54.9 Å². The number of rotatable bonds is 12. The van der Waals surface area contributed by atoms with Gasteiger partial charge in [-0.3, -0.25) is 4.52 Å². The van der Waals surface area contributed by atoms with Crippen molar-refractivity contribution in [3.63, 3.8) is 0 Å². The van der Waals surface area contributed by atoms with Crippen LogP contribution in [0.4, 0.5) is 11.5 Å². The molecule has 14 heteroatoms. The minimum Gasteiger partial charge on any atom is -0.438 e. The Labute approximate surface area is 283 Å². The summed E-state index contributed by atoms with van der Waals surface area (Å²) in [6, 6.07) is 31.0. The van der Waals surface area contributed by atoms with Gasteiger partial charge >= 0.3 is 7.82 Å². The molecule has 0 aliphatic rings. The molecule has 0 aliphatic heterocycles. The van der Waals surface area contributed by atoms with Crippen LogP contribution in [0, 0.1) is 0 Å². The monoisotopic (exact) mass is 692 g/mol. The number of ether oxygens (including phenoxy) is 1. The van der Waals surface area contributed by atoms with Gasteiger partial charge in [0.05, 0.1) is 17.9 Å². The number of aromatic nitrogens is 5. The fourth-order valence-corrected chi connectivity index (χ4v) is 5.13. The zero-order valence-corrected chi connectivity index (χ0v) is 27.4. The van der Waals surface area contributed by atoms with Crippen LogP contribution in [0.25, 0.3) is 33.3 Å². The summed E-state index contributed by atoms with van der Waals surface area (Å²) in [5.74, 6) is 2.24. The summed E-state index contributed by atoms with van der Waals surface area (Å²) in [6.07, 6.45) is 4.92. The third kappa shape index (κ3) is 9.30. The maximum absolute atomic E-state index is 10.8. The first-order valence-corrected chi connectivity index (χ1v) is 15.8. The zero-order valence-electron chi connectivity index (χ0n) is 24.8. The molecule has 0 radical (unpaired) electrons. The second-order valence-electron chi connectivity index (χ2n) is 10.1. The van der Waals surface area contributed by atoms with Crippen molar-refractivity contribution in [1.29, 1.82) is 0 Å². The van der Waals surface area contributed by atoms with E-state index in [0.29, 0.717) is 53.8 Å². The molecule has 6 aromatic rings. The molecule has 0 fully saturated rings. The number of nitrogens with zero attached hydrogens (tertiary/aromatic N) is 5. The summed E-state index contributed by atoms with van der Waals surface area (Å²) in [5.41, 5.74) is 4.01. The highest BCUT2D eigenvalue weighted by atomic mass is 35.5. The van der Waals surface area contributed by atoms with Crippen molar-refractivity contribution in [3.05, 3.63) is 115 Å². The van der Waals surface area contributed by atoms with Crippen molar-refractivity contribution < 1.29 is 23.6 Å². The summed E-state index contributed by atoms with van der Waals surface area (Å²) in [6.45, 7) is -0.0383. The van der Waals surface area contributed by atoms with E-state index in [1.165, 1.54) is 0 Å². The molecule has 3 N–H and O–H groups in total. The largest absolute Gasteiger partial charge is 0.469 e. The van der Waals surface area contributed by atoms with Gasteiger partial charge in [-0.2, -0.15) is 0 Å². The number of hydrogen-bond donors (Lipinski definition) is 3. The van der Waals surface area contributed by atoms with E-state index in [2.05, 4.69) is 35.0 Å². The quantitative estimate of drug-likeness (QED) is 0.0845. The first-order chi connectivity index (χ1) is 21.9. The Morgan fingerprint density at radius 3 is 2.26 bits per heavy atom. The van der Waals surface area contributed by atoms with Crippen LogP contribution >= 0.6 is 32.6 Å². The molecule has 0 unspecified atom stereocenters. The van der Waals surface area contributed by atoms with Crippen molar-refractivity contribution in [2.24, 2.45) is 0 Å². The van der Waals surface area contributed by atoms with Crippen LogP contribution < -0.4 is 10.1 Å². The second-order valence-corrected chi connectivity index (χ2v) is 11.3. The maximum atomic E-state index is 10.8. The van der Waals surface area contributed by atoms with Crippen molar-refractivity contribution in [3.8, 4) is 34.1 Å². The Morgan fingerprint density at radius 1 is 0.745 bits per heavy atom. The van der Waals surface area contributed by atoms with E-state index < -0.39 is 7.82 Å². The normalized spacial score (nSPS) is 10.9. The molecule has 3 heterocycles. The van der Waals surface area contributed by atoms with Gasteiger partial charge in [-0.1, -0.05) is 54.6 Å². The average molecular weight is 694 g/mol. The van der Waals surface area contributed by atoms with Crippen LogP contribution in [0.5, 0.6) is 11.6 Å². The van der Waals surface area contributed by atoms with Crippen molar-refractivity contribution in [2.75, 3.05) is 11.9 Å². The molecule has 0 atom stereocenters. The number of anilines is 2. The molecule has 11 nitrogen and oxygen atoms in total. The molecular formula is C33H31Cl2N6O5P. The van der Waals surface area contributed by atoms with Gasteiger partial charge in [0.25, 0.3) is 0 Å². The van der Waals surface area contributed by atoms with E-state index in [4.69, 9.17) is 14.5 Å². The fraction of sp³-hybridized carbons (Fsp3) is 0.121. The molecule has 6 rings (SSSR count). The predicted molar refractivity (Wildman–Crippen MR) is 185 cm³/mol. The third-order valence-electron chi connectivity index (χ3n) is 6.87. The summed E-state index contributed by atoms with van der Waals surface area (Å²) in [4.78, 5) is 31.1. The molecule has 0 saturated carbocycles. The van der Waals surface area contributed by atoms with Crippen LogP contribution in [0.15, 0.2) is 109 Å². The van der Waals surface area contributed by atoms with Gasteiger partial charge in [-0.25, -0.2) is 19.5 Å². The lowest BCUT2D eigenvalue weighted by atomic mass is 10.0. The lowest BCUT2D eigenvalue weighted by Gasteiger charge is -2.13. The SMILES string of the molecule is Cl.Cl.O=P(O)(O)OCCCCc1nccc(-c2cccnc2Oc2ccc(Nc3nnc(-c4ccccc4)c4ccccc34)cc2)n1. The summed E-state index contributed by atoms with van der Waals surface area (Å²) in [7, 11) is -4.46. The molecular weight excluding hydrogens is 662 g/mol. The zero-order chi connectivity index (χ0) is 31.1. The summed E-state index contributed by atoms with van der Waals surface area (Å²) >= 11 is 0.